The third-order valence-corrected chi connectivity index (χ3v) is 5.16. The van der Waals surface area contributed by atoms with Gasteiger partial charge in [-0.3, -0.25) is 9.59 Å². The molecule has 118 valence electrons. The van der Waals surface area contributed by atoms with Crippen molar-refractivity contribution in [2.75, 3.05) is 12.4 Å². The lowest BCUT2D eigenvalue weighted by Gasteiger charge is -2.27. The average Bonchev–Trinajstić information content (AvgIpc) is 3.08. The smallest absolute Gasteiger partial charge is 0.307 e. The number of fused-ring (bicyclic) bond motifs is 2. The number of methoxy groups -OCH3 is 1. The minimum absolute atomic E-state index is 0.125. The lowest BCUT2D eigenvalue weighted by Crippen LogP contribution is -2.37. The molecule has 2 saturated carbocycles. The molecule has 2 N–H and O–H groups in total. The predicted molar refractivity (Wildman–Crippen MR) is 82.1 cm³/mol. The number of ether oxygens (including phenoxy) is 1. The van der Waals surface area contributed by atoms with Gasteiger partial charge in [-0.2, -0.15) is 0 Å². The molecule has 2 aliphatic rings. The maximum absolute atomic E-state index is 12.6. The van der Waals surface area contributed by atoms with Crippen molar-refractivity contribution < 1.29 is 19.4 Å². The molecule has 6 heteroatoms. The summed E-state index contributed by atoms with van der Waals surface area (Å²) in [7, 11) is 1.51. The van der Waals surface area contributed by atoms with Crippen molar-refractivity contribution in [3.63, 3.8) is 0 Å². The van der Waals surface area contributed by atoms with Gasteiger partial charge < -0.3 is 15.2 Å². The first-order chi connectivity index (χ1) is 10.5. The van der Waals surface area contributed by atoms with E-state index in [9.17, 15) is 14.7 Å². The Kier molecular flexibility index (Phi) is 4.00. The Balaban J connectivity index is 1.82. The molecule has 1 aromatic rings. The normalized spacial score (nSPS) is 29.4. The number of carbonyl (C=O) groups excluding carboxylic acids is 1. The van der Waals surface area contributed by atoms with Crippen LogP contribution in [0.25, 0.3) is 0 Å². The van der Waals surface area contributed by atoms with Crippen LogP contribution in [0.5, 0.6) is 5.75 Å². The van der Waals surface area contributed by atoms with Crippen molar-refractivity contribution >= 4 is 29.2 Å². The summed E-state index contributed by atoms with van der Waals surface area (Å²) in [6, 6.07) is 4.96. The summed E-state index contributed by atoms with van der Waals surface area (Å²) in [5, 5.41) is 12.7. The van der Waals surface area contributed by atoms with Crippen molar-refractivity contribution in [1.29, 1.82) is 0 Å². The maximum Gasteiger partial charge on any atom is 0.307 e. The van der Waals surface area contributed by atoms with Gasteiger partial charge in [-0.15, -0.1) is 0 Å². The highest BCUT2D eigenvalue weighted by atomic mass is 35.5. The molecule has 2 fully saturated rings. The zero-order valence-corrected chi connectivity index (χ0v) is 13.0. The van der Waals surface area contributed by atoms with E-state index in [1.165, 1.54) is 7.11 Å². The van der Waals surface area contributed by atoms with Crippen molar-refractivity contribution in [1.82, 2.24) is 0 Å². The third kappa shape index (κ3) is 2.54. The molecule has 1 amide bonds. The fraction of sp³-hybridized carbons (Fsp3) is 0.500. The van der Waals surface area contributed by atoms with E-state index in [1.807, 2.05) is 0 Å². The molecule has 0 aliphatic heterocycles. The van der Waals surface area contributed by atoms with Crippen molar-refractivity contribution in [3.05, 3.63) is 23.2 Å². The first-order valence-corrected chi connectivity index (χ1v) is 7.76. The van der Waals surface area contributed by atoms with Crippen LogP contribution in [-0.4, -0.2) is 24.1 Å². The van der Waals surface area contributed by atoms with Gasteiger partial charge in [0, 0.05) is 5.02 Å². The van der Waals surface area contributed by atoms with E-state index >= 15 is 0 Å². The largest absolute Gasteiger partial charge is 0.495 e. The second-order valence-corrected chi connectivity index (χ2v) is 6.49. The van der Waals surface area contributed by atoms with E-state index in [0.717, 1.165) is 19.3 Å². The second-order valence-electron chi connectivity index (χ2n) is 6.06. The molecular weight excluding hydrogens is 306 g/mol. The number of carbonyl (C=O) groups is 2. The van der Waals surface area contributed by atoms with Gasteiger partial charge >= 0.3 is 5.97 Å². The molecule has 22 heavy (non-hydrogen) atoms. The number of carboxylic acids is 1. The molecule has 0 radical (unpaired) electrons. The SMILES string of the molecule is COc1ccc(Cl)cc1NC(=O)[C@@H]1[C@@H]2CC[C@@H](C2)[C@@H]1C(=O)O. The Morgan fingerprint density at radius 1 is 1.27 bits per heavy atom. The quantitative estimate of drug-likeness (QED) is 0.893. The minimum atomic E-state index is -0.870. The number of hydrogen-bond acceptors (Lipinski definition) is 3. The van der Waals surface area contributed by atoms with Crippen LogP contribution in [0.2, 0.25) is 5.02 Å². The van der Waals surface area contributed by atoms with E-state index < -0.39 is 17.8 Å². The van der Waals surface area contributed by atoms with Gasteiger partial charge in [0.15, 0.2) is 0 Å². The number of rotatable bonds is 4. The maximum atomic E-state index is 12.6. The van der Waals surface area contributed by atoms with Crippen molar-refractivity contribution in [2.24, 2.45) is 23.7 Å². The number of halogens is 1. The fourth-order valence-corrected chi connectivity index (χ4v) is 4.19. The number of aliphatic carboxylic acids is 1. The van der Waals surface area contributed by atoms with Gasteiger partial charge in [0.05, 0.1) is 24.6 Å². The van der Waals surface area contributed by atoms with Gasteiger partial charge in [0.25, 0.3) is 0 Å². The van der Waals surface area contributed by atoms with Crippen molar-refractivity contribution in [3.8, 4) is 5.75 Å². The summed E-state index contributed by atoms with van der Waals surface area (Å²) in [5.74, 6) is -1.38. The average molecular weight is 324 g/mol. The first kappa shape index (κ1) is 15.2. The topological polar surface area (TPSA) is 75.6 Å². The molecule has 2 bridgehead atoms. The highest BCUT2D eigenvalue weighted by molar-refractivity contribution is 6.31. The molecule has 0 aromatic heterocycles. The van der Waals surface area contributed by atoms with Crippen molar-refractivity contribution in [2.45, 2.75) is 19.3 Å². The number of hydrogen-bond donors (Lipinski definition) is 2. The molecule has 0 unspecified atom stereocenters. The summed E-state index contributed by atoms with van der Waals surface area (Å²) in [6.45, 7) is 0. The Morgan fingerprint density at radius 3 is 2.59 bits per heavy atom. The van der Waals surface area contributed by atoms with Gasteiger partial charge in [0.2, 0.25) is 5.91 Å². The molecule has 0 heterocycles. The van der Waals surface area contributed by atoms with Crippen LogP contribution in [-0.2, 0) is 9.59 Å². The molecule has 0 spiro atoms. The molecular formula is C16H18ClNO4. The lowest BCUT2D eigenvalue weighted by molar-refractivity contribution is -0.148. The molecule has 1 aromatic carbocycles. The van der Waals surface area contributed by atoms with E-state index in [1.54, 1.807) is 18.2 Å². The van der Waals surface area contributed by atoms with E-state index in [4.69, 9.17) is 16.3 Å². The Morgan fingerprint density at radius 2 is 1.95 bits per heavy atom. The van der Waals surface area contributed by atoms with Gasteiger partial charge in [0.1, 0.15) is 5.75 Å². The third-order valence-electron chi connectivity index (χ3n) is 4.92. The highest BCUT2D eigenvalue weighted by Crippen LogP contribution is 2.52. The summed E-state index contributed by atoms with van der Waals surface area (Å²) >= 11 is 5.96. The zero-order chi connectivity index (χ0) is 15.9. The summed E-state index contributed by atoms with van der Waals surface area (Å²) in [5.41, 5.74) is 0.479. The van der Waals surface area contributed by atoms with Crippen LogP contribution in [0.15, 0.2) is 18.2 Å². The van der Waals surface area contributed by atoms with E-state index in [0.29, 0.717) is 16.5 Å². The van der Waals surface area contributed by atoms with Gasteiger partial charge in [-0.25, -0.2) is 0 Å². The fourth-order valence-electron chi connectivity index (χ4n) is 4.02. The summed E-state index contributed by atoms with van der Waals surface area (Å²) in [6.07, 6.45) is 2.67. The van der Waals surface area contributed by atoms with Crippen LogP contribution in [0.4, 0.5) is 5.69 Å². The Labute approximate surface area is 133 Å². The predicted octanol–water partition coefficient (Wildman–Crippen LogP) is 3.03. The standard InChI is InChI=1S/C16H18ClNO4/c1-22-12-5-4-10(17)7-11(12)18-15(19)13-8-2-3-9(6-8)14(13)16(20)21/h4-5,7-9,13-14H,2-3,6H2,1H3,(H,18,19)(H,20,21)/t8-,9+,13-,14+/m1/s1. The second kappa shape index (κ2) is 5.80. The number of anilines is 1. The Hall–Kier alpha value is -1.75. The number of benzene rings is 1. The van der Waals surface area contributed by atoms with Crippen LogP contribution in [0.3, 0.4) is 0 Å². The van der Waals surface area contributed by atoms with Gasteiger partial charge in [-0.05, 0) is 49.3 Å². The van der Waals surface area contributed by atoms with E-state index in [-0.39, 0.29) is 17.7 Å². The highest BCUT2D eigenvalue weighted by Gasteiger charge is 2.54. The monoisotopic (exact) mass is 323 g/mol. The van der Waals surface area contributed by atoms with Crippen LogP contribution in [0, 0.1) is 23.7 Å². The lowest BCUT2D eigenvalue weighted by atomic mass is 9.78. The molecule has 4 atom stereocenters. The number of amides is 1. The first-order valence-electron chi connectivity index (χ1n) is 7.38. The van der Waals surface area contributed by atoms with E-state index in [2.05, 4.69) is 5.32 Å². The summed E-state index contributed by atoms with van der Waals surface area (Å²) in [4.78, 5) is 24.1. The molecule has 0 saturated heterocycles. The number of nitrogens with one attached hydrogen (secondary N) is 1. The molecule has 5 nitrogen and oxygen atoms in total. The van der Waals surface area contributed by atoms with Gasteiger partial charge in [-0.1, -0.05) is 11.6 Å². The minimum Gasteiger partial charge on any atom is -0.495 e. The molecule has 3 rings (SSSR count). The van der Waals surface area contributed by atoms with Crippen LogP contribution < -0.4 is 10.1 Å². The Bertz CT molecular complexity index is 618. The number of carboxylic acid groups (broad SMARTS) is 1. The van der Waals surface area contributed by atoms with Crippen LogP contribution in [0.1, 0.15) is 19.3 Å². The van der Waals surface area contributed by atoms with Crippen LogP contribution >= 0.6 is 11.6 Å². The molecule has 2 aliphatic carbocycles. The zero-order valence-electron chi connectivity index (χ0n) is 12.2. The summed E-state index contributed by atoms with van der Waals surface area (Å²) < 4.78 is 5.21.